The highest BCUT2D eigenvalue weighted by molar-refractivity contribution is 6.03. The summed E-state index contributed by atoms with van der Waals surface area (Å²) in [5, 5.41) is 15.2. The van der Waals surface area contributed by atoms with Gasteiger partial charge in [0.05, 0.1) is 11.3 Å². The first-order valence-corrected chi connectivity index (χ1v) is 9.90. The summed E-state index contributed by atoms with van der Waals surface area (Å²) in [6.07, 6.45) is 2.45. The average Bonchev–Trinajstić information content (AvgIpc) is 3.29. The van der Waals surface area contributed by atoms with Crippen molar-refractivity contribution in [2.75, 3.05) is 28.6 Å². The number of carbonyl (C=O) groups is 1. The molecule has 30 heavy (non-hydrogen) atoms. The van der Waals surface area contributed by atoms with Crippen molar-refractivity contribution in [3.05, 3.63) is 71.5 Å². The Morgan fingerprint density at radius 2 is 1.80 bits per heavy atom. The molecule has 1 aliphatic rings. The largest absolute Gasteiger partial charge is 0.372 e. The van der Waals surface area contributed by atoms with Gasteiger partial charge in [0.15, 0.2) is 0 Å². The van der Waals surface area contributed by atoms with E-state index in [1.54, 1.807) is 31.2 Å². The van der Waals surface area contributed by atoms with Crippen LogP contribution >= 0.6 is 0 Å². The molecule has 0 bridgehead atoms. The van der Waals surface area contributed by atoms with Gasteiger partial charge in [-0.05, 0) is 62.2 Å². The summed E-state index contributed by atoms with van der Waals surface area (Å²) in [4.78, 5) is 23.7. The molecule has 0 radical (unpaired) electrons. The minimum atomic E-state index is -0.314. The Morgan fingerprint density at radius 3 is 2.53 bits per heavy atom. The van der Waals surface area contributed by atoms with Crippen molar-refractivity contribution in [1.29, 1.82) is 5.26 Å². The van der Waals surface area contributed by atoms with Crippen molar-refractivity contribution in [2.24, 2.45) is 0 Å². The predicted octanol–water partition coefficient (Wildman–Crippen LogP) is 4.25. The minimum Gasteiger partial charge on any atom is -0.372 e. The van der Waals surface area contributed by atoms with Crippen LogP contribution in [0.5, 0.6) is 0 Å². The normalized spacial score (nSPS) is 13.0. The van der Waals surface area contributed by atoms with Gasteiger partial charge in [0.25, 0.3) is 5.91 Å². The third kappa shape index (κ3) is 4.39. The van der Waals surface area contributed by atoms with E-state index >= 15 is 0 Å². The lowest BCUT2D eigenvalue weighted by atomic mass is 10.2. The van der Waals surface area contributed by atoms with Gasteiger partial charge in [-0.1, -0.05) is 12.1 Å². The Hall–Kier alpha value is -3.92. The number of nitrogens with one attached hydrogen (secondary N) is 2. The second-order valence-electron chi connectivity index (χ2n) is 7.20. The SMILES string of the molecule is Cc1cc(C(=O)Nc2ccc(N3CCCC3)cc2)nc(Nc2ccccc2C#N)n1. The molecule has 1 aliphatic heterocycles. The van der Waals surface area contributed by atoms with Gasteiger partial charge in [-0.15, -0.1) is 0 Å². The van der Waals surface area contributed by atoms with Gasteiger partial charge in [0.2, 0.25) is 5.95 Å². The van der Waals surface area contributed by atoms with Crippen LogP contribution < -0.4 is 15.5 Å². The molecule has 0 saturated carbocycles. The van der Waals surface area contributed by atoms with E-state index in [-0.39, 0.29) is 17.5 Å². The highest BCUT2D eigenvalue weighted by Gasteiger charge is 2.14. The molecule has 0 spiro atoms. The average molecular weight is 398 g/mol. The summed E-state index contributed by atoms with van der Waals surface area (Å²) in [5.74, 6) is -0.0433. The molecule has 0 aliphatic carbocycles. The Morgan fingerprint density at radius 1 is 1.07 bits per heavy atom. The number of aromatic nitrogens is 2. The molecular weight excluding hydrogens is 376 g/mol. The summed E-state index contributed by atoms with van der Waals surface area (Å²) in [6, 6.07) is 18.7. The fourth-order valence-electron chi connectivity index (χ4n) is 3.48. The lowest BCUT2D eigenvalue weighted by Crippen LogP contribution is -2.18. The van der Waals surface area contributed by atoms with E-state index in [9.17, 15) is 10.1 Å². The maximum absolute atomic E-state index is 12.7. The Bertz CT molecular complexity index is 1100. The van der Waals surface area contributed by atoms with Crippen molar-refractivity contribution in [1.82, 2.24) is 9.97 Å². The summed E-state index contributed by atoms with van der Waals surface area (Å²) in [6.45, 7) is 3.96. The zero-order valence-corrected chi connectivity index (χ0v) is 16.7. The smallest absolute Gasteiger partial charge is 0.274 e. The summed E-state index contributed by atoms with van der Waals surface area (Å²) >= 11 is 0. The molecule has 1 aromatic heterocycles. The molecule has 150 valence electrons. The predicted molar refractivity (Wildman–Crippen MR) is 117 cm³/mol. The number of nitriles is 1. The number of hydrogen-bond donors (Lipinski definition) is 2. The van der Waals surface area contributed by atoms with Gasteiger partial charge in [-0.2, -0.15) is 5.26 Å². The van der Waals surface area contributed by atoms with Crippen LogP contribution in [0.1, 0.15) is 34.6 Å². The number of anilines is 4. The van der Waals surface area contributed by atoms with Gasteiger partial charge in [-0.25, -0.2) is 9.97 Å². The zero-order chi connectivity index (χ0) is 20.9. The lowest BCUT2D eigenvalue weighted by molar-refractivity contribution is 0.102. The van der Waals surface area contributed by atoms with Gasteiger partial charge in [0, 0.05) is 30.2 Å². The summed E-state index contributed by atoms with van der Waals surface area (Å²) in [7, 11) is 0. The Labute approximate surface area is 175 Å². The first kappa shape index (κ1) is 19.4. The molecule has 1 amide bonds. The summed E-state index contributed by atoms with van der Waals surface area (Å²) in [5.41, 5.74) is 3.86. The molecule has 7 nitrogen and oxygen atoms in total. The Kier molecular flexibility index (Phi) is 5.57. The molecule has 1 saturated heterocycles. The standard InChI is InChI=1S/C23H22N6O/c1-16-14-21(28-23(25-16)27-20-7-3-2-6-17(20)15-24)22(30)26-18-8-10-19(11-9-18)29-12-4-5-13-29/h2-3,6-11,14H,4-5,12-13H2,1H3,(H,26,30)(H,25,27,28). The van der Waals surface area contributed by atoms with Gasteiger partial charge in [0.1, 0.15) is 11.8 Å². The molecule has 0 atom stereocenters. The second-order valence-corrected chi connectivity index (χ2v) is 7.20. The number of aryl methyl sites for hydroxylation is 1. The van der Waals surface area contributed by atoms with Gasteiger partial charge >= 0.3 is 0 Å². The van der Waals surface area contributed by atoms with Crippen LogP contribution in [0.4, 0.5) is 23.0 Å². The van der Waals surface area contributed by atoms with Crippen molar-refractivity contribution >= 4 is 28.9 Å². The maximum atomic E-state index is 12.7. The third-order valence-corrected chi connectivity index (χ3v) is 4.98. The number of rotatable bonds is 5. The van der Waals surface area contributed by atoms with Crippen LogP contribution in [0.3, 0.4) is 0 Å². The van der Waals surface area contributed by atoms with E-state index < -0.39 is 0 Å². The quantitative estimate of drug-likeness (QED) is 0.667. The van der Waals surface area contributed by atoms with E-state index in [0.717, 1.165) is 13.1 Å². The number of para-hydroxylation sites is 1. The van der Waals surface area contributed by atoms with E-state index in [0.29, 0.717) is 22.6 Å². The fourth-order valence-corrected chi connectivity index (χ4v) is 3.48. The highest BCUT2D eigenvalue weighted by atomic mass is 16.1. The first-order chi connectivity index (χ1) is 14.6. The van der Waals surface area contributed by atoms with Gasteiger partial charge in [-0.3, -0.25) is 4.79 Å². The molecule has 3 aromatic rings. The van der Waals surface area contributed by atoms with Crippen molar-refractivity contribution < 1.29 is 4.79 Å². The van der Waals surface area contributed by atoms with Gasteiger partial charge < -0.3 is 15.5 Å². The molecule has 2 N–H and O–H groups in total. The molecule has 0 unspecified atom stereocenters. The van der Waals surface area contributed by atoms with E-state index in [1.807, 2.05) is 30.3 Å². The second kappa shape index (κ2) is 8.62. The molecular formula is C23H22N6O. The first-order valence-electron chi connectivity index (χ1n) is 9.90. The highest BCUT2D eigenvalue weighted by Crippen LogP contribution is 2.23. The zero-order valence-electron chi connectivity index (χ0n) is 16.7. The monoisotopic (exact) mass is 398 g/mol. The van der Waals surface area contributed by atoms with Crippen LogP contribution in [0.25, 0.3) is 0 Å². The Balaban J connectivity index is 1.49. The summed E-state index contributed by atoms with van der Waals surface area (Å²) < 4.78 is 0. The number of carbonyl (C=O) groups excluding carboxylic acids is 1. The van der Waals surface area contributed by atoms with Crippen molar-refractivity contribution in [3.8, 4) is 6.07 Å². The molecule has 2 aromatic carbocycles. The van der Waals surface area contributed by atoms with E-state index in [1.165, 1.54) is 18.5 Å². The number of nitrogens with zero attached hydrogens (tertiary/aromatic N) is 4. The van der Waals surface area contributed by atoms with Crippen molar-refractivity contribution in [2.45, 2.75) is 19.8 Å². The molecule has 4 rings (SSSR count). The number of amides is 1. The maximum Gasteiger partial charge on any atom is 0.274 e. The number of hydrogen-bond acceptors (Lipinski definition) is 6. The lowest BCUT2D eigenvalue weighted by Gasteiger charge is -2.17. The van der Waals surface area contributed by atoms with Crippen LogP contribution in [0.2, 0.25) is 0 Å². The minimum absolute atomic E-state index is 0.253. The van der Waals surface area contributed by atoms with Crippen LogP contribution in [-0.4, -0.2) is 29.0 Å². The van der Waals surface area contributed by atoms with Crippen LogP contribution in [0.15, 0.2) is 54.6 Å². The van der Waals surface area contributed by atoms with E-state index in [4.69, 9.17) is 0 Å². The van der Waals surface area contributed by atoms with Crippen LogP contribution in [-0.2, 0) is 0 Å². The third-order valence-electron chi connectivity index (χ3n) is 4.98. The van der Waals surface area contributed by atoms with Crippen LogP contribution in [0, 0.1) is 18.3 Å². The van der Waals surface area contributed by atoms with E-state index in [2.05, 4.69) is 31.6 Å². The number of benzene rings is 2. The topological polar surface area (TPSA) is 93.9 Å². The van der Waals surface area contributed by atoms with Crippen molar-refractivity contribution in [3.63, 3.8) is 0 Å². The molecule has 7 heteroatoms. The fraction of sp³-hybridized carbons (Fsp3) is 0.217. The molecule has 2 heterocycles. The molecule has 1 fully saturated rings.